The van der Waals surface area contributed by atoms with Crippen LogP contribution < -0.4 is 5.32 Å². The summed E-state index contributed by atoms with van der Waals surface area (Å²) in [6, 6.07) is 10.4. The number of hydrogen-bond donors (Lipinski definition) is 1. The van der Waals surface area contributed by atoms with E-state index in [0.29, 0.717) is 34.8 Å². The number of likely N-dealkylation sites (tertiary alicyclic amines) is 1. The SMILES string of the molecule is CC1=NCC(Cn2c(C#N)cc3c(C)c(CN4CCC(Nc5ncnc6sc(CC(F)(F)F)cc56)CC4)ccc32)=C1. The molecule has 1 aromatic carbocycles. The van der Waals surface area contributed by atoms with Crippen LogP contribution in [0.4, 0.5) is 19.0 Å². The molecular formula is C30H30F3N7S. The highest BCUT2D eigenvalue weighted by Crippen LogP contribution is 2.33. The lowest BCUT2D eigenvalue weighted by Gasteiger charge is -2.33. The van der Waals surface area contributed by atoms with Crippen LogP contribution in [0.2, 0.25) is 0 Å². The molecule has 3 aromatic heterocycles. The van der Waals surface area contributed by atoms with Crippen LogP contribution in [-0.4, -0.2) is 57.0 Å². The minimum atomic E-state index is -4.25. The second-order valence-electron chi connectivity index (χ2n) is 10.9. The third kappa shape index (κ3) is 5.85. The van der Waals surface area contributed by atoms with Crippen molar-refractivity contribution in [2.24, 2.45) is 4.99 Å². The maximum atomic E-state index is 12.9. The second-order valence-corrected chi connectivity index (χ2v) is 12.0. The Morgan fingerprint density at radius 1 is 1.10 bits per heavy atom. The van der Waals surface area contributed by atoms with Gasteiger partial charge in [-0.25, -0.2) is 9.97 Å². The van der Waals surface area contributed by atoms with Crippen LogP contribution >= 0.6 is 11.3 Å². The van der Waals surface area contributed by atoms with Crippen LogP contribution in [0.5, 0.6) is 0 Å². The molecule has 41 heavy (non-hydrogen) atoms. The average Bonchev–Trinajstić information content (AvgIpc) is 3.63. The van der Waals surface area contributed by atoms with Gasteiger partial charge in [-0.2, -0.15) is 18.4 Å². The van der Waals surface area contributed by atoms with E-state index in [1.165, 1.54) is 23.0 Å². The summed E-state index contributed by atoms with van der Waals surface area (Å²) in [5.74, 6) is 0.604. The van der Waals surface area contributed by atoms with E-state index in [9.17, 15) is 18.4 Å². The molecule has 11 heteroatoms. The zero-order valence-electron chi connectivity index (χ0n) is 22.9. The van der Waals surface area contributed by atoms with Crippen molar-refractivity contribution in [1.82, 2.24) is 19.4 Å². The molecule has 0 bridgehead atoms. The number of rotatable bonds is 7. The van der Waals surface area contributed by atoms with Gasteiger partial charge in [0.25, 0.3) is 0 Å². The number of nitrogens with one attached hydrogen (secondary N) is 1. The molecule has 7 nitrogen and oxygen atoms in total. The van der Waals surface area contributed by atoms with Gasteiger partial charge in [-0.15, -0.1) is 11.3 Å². The fourth-order valence-corrected chi connectivity index (χ4v) is 6.87. The van der Waals surface area contributed by atoms with Crippen molar-refractivity contribution >= 4 is 44.0 Å². The number of aromatic nitrogens is 3. The van der Waals surface area contributed by atoms with Crippen molar-refractivity contribution in [2.45, 2.75) is 58.4 Å². The summed E-state index contributed by atoms with van der Waals surface area (Å²) >= 11 is 1.07. The van der Waals surface area contributed by atoms with Crippen LogP contribution in [0, 0.1) is 18.3 Å². The quantitative estimate of drug-likeness (QED) is 0.275. The minimum absolute atomic E-state index is 0.184. The number of fused-ring (bicyclic) bond motifs is 2. The number of anilines is 1. The van der Waals surface area contributed by atoms with Crippen molar-refractivity contribution in [3.63, 3.8) is 0 Å². The van der Waals surface area contributed by atoms with Crippen molar-refractivity contribution in [1.29, 1.82) is 5.26 Å². The number of hydrogen-bond acceptors (Lipinski definition) is 7. The first-order chi connectivity index (χ1) is 19.7. The number of alkyl halides is 3. The Balaban J connectivity index is 1.11. The zero-order valence-corrected chi connectivity index (χ0v) is 23.7. The smallest absolute Gasteiger partial charge is 0.367 e. The van der Waals surface area contributed by atoms with Crippen LogP contribution in [0.3, 0.4) is 0 Å². The first-order valence-electron chi connectivity index (χ1n) is 13.7. The highest BCUT2D eigenvalue weighted by atomic mass is 32.1. The van der Waals surface area contributed by atoms with Crippen LogP contribution in [0.1, 0.15) is 41.5 Å². The number of benzene rings is 1. The van der Waals surface area contributed by atoms with Crippen molar-refractivity contribution in [3.05, 3.63) is 63.9 Å². The summed E-state index contributed by atoms with van der Waals surface area (Å²) in [6.45, 7) is 8.09. The molecule has 0 radical (unpaired) electrons. The number of nitrogens with zero attached hydrogens (tertiary/aromatic N) is 6. The molecule has 0 unspecified atom stereocenters. The summed E-state index contributed by atoms with van der Waals surface area (Å²) < 4.78 is 40.8. The topological polar surface area (TPSA) is 82.1 Å². The number of halogens is 3. The lowest BCUT2D eigenvalue weighted by Crippen LogP contribution is -2.39. The van der Waals surface area contributed by atoms with E-state index >= 15 is 0 Å². The molecule has 1 fully saturated rings. The number of allylic oxidation sites excluding steroid dienone is 1. The summed E-state index contributed by atoms with van der Waals surface area (Å²) in [4.78, 5) is 16.2. The van der Waals surface area contributed by atoms with Crippen LogP contribution in [-0.2, 0) is 19.5 Å². The molecule has 4 aromatic rings. The standard InChI is InChI=1S/C30H30F3N7S/c1-18-9-20(14-35-18)15-40-23(13-34)10-25-19(2)21(3-4-27(25)40)16-39-7-5-22(6-8-39)38-28-26-11-24(12-30(31,32)33)41-29(26)37-17-36-28/h3-4,9-11,17,22H,5-8,12,14-16H2,1-2H3,(H,36,37,38). The van der Waals surface area contributed by atoms with Crippen molar-refractivity contribution in [2.75, 3.05) is 25.0 Å². The summed E-state index contributed by atoms with van der Waals surface area (Å²) in [6.07, 6.45) is 0.117. The fraction of sp³-hybridized carbons (Fsp3) is 0.400. The van der Waals surface area contributed by atoms with Gasteiger partial charge in [0.2, 0.25) is 0 Å². The molecule has 6 rings (SSSR count). The van der Waals surface area contributed by atoms with Gasteiger partial charge in [-0.05, 0) is 67.7 Å². The second kappa shape index (κ2) is 10.9. The maximum absolute atomic E-state index is 12.9. The van der Waals surface area contributed by atoms with Gasteiger partial charge in [-0.1, -0.05) is 6.07 Å². The Morgan fingerprint density at radius 3 is 2.61 bits per heavy atom. The normalized spacial score (nSPS) is 16.8. The molecule has 0 amide bonds. The Morgan fingerprint density at radius 2 is 1.90 bits per heavy atom. The predicted molar refractivity (Wildman–Crippen MR) is 157 cm³/mol. The first-order valence-corrected chi connectivity index (χ1v) is 14.5. The molecule has 1 saturated heterocycles. The highest BCUT2D eigenvalue weighted by molar-refractivity contribution is 7.18. The van der Waals surface area contributed by atoms with Gasteiger partial charge in [0, 0.05) is 53.7 Å². The molecule has 0 aliphatic carbocycles. The number of nitriles is 1. The molecular weight excluding hydrogens is 547 g/mol. The summed E-state index contributed by atoms with van der Waals surface area (Å²) in [5.41, 5.74) is 6.41. The van der Waals surface area contributed by atoms with Gasteiger partial charge >= 0.3 is 6.18 Å². The third-order valence-electron chi connectivity index (χ3n) is 7.96. The van der Waals surface area contributed by atoms with E-state index in [1.54, 1.807) is 6.07 Å². The molecule has 2 aliphatic heterocycles. The first kappa shape index (κ1) is 27.4. The third-order valence-corrected chi connectivity index (χ3v) is 9.01. The number of aryl methyl sites for hydroxylation is 1. The van der Waals surface area contributed by atoms with Crippen molar-refractivity contribution < 1.29 is 13.2 Å². The van der Waals surface area contributed by atoms with Crippen LogP contribution in [0.25, 0.3) is 21.1 Å². The molecule has 2 aliphatic rings. The minimum Gasteiger partial charge on any atom is -0.367 e. The molecule has 0 saturated carbocycles. The van der Waals surface area contributed by atoms with E-state index < -0.39 is 12.6 Å². The Labute approximate surface area is 240 Å². The van der Waals surface area contributed by atoms with E-state index in [1.807, 2.05) is 13.0 Å². The van der Waals surface area contributed by atoms with Gasteiger partial charge < -0.3 is 9.88 Å². The number of thiophene rings is 1. The Hall–Kier alpha value is -3.75. The molecule has 0 atom stereocenters. The number of aliphatic imine (C=N–C) groups is 1. The fourth-order valence-electron chi connectivity index (χ4n) is 5.84. The van der Waals surface area contributed by atoms with Gasteiger partial charge in [0.1, 0.15) is 28.7 Å². The van der Waals surface area contributed by atoms with Gasteiger partial charge in [-0.3, -0.25) is 9.89 Å². The molecule has 5 heterocycles. The lowest BCUT2D eigenvalue weighted by atomic mass is 10.0. The Bertz CT molecular complexity index is 1720. The summed E-state index contributed by atoms with van der Waals surface area (Å²) in [7, 11) is 0. The van der Waals surface area contributed by atoms with Crippen molar-refractivity contribution in [3.8, 4) is 6.07 Å². The maximum Gasteiger partial charge on any atom is 0.393 e. The highest BCUT2D eigenvalue weighted by Gasteiger charge is 2.29. The molecule has 1 N–H and O–H groups in total. The predicted octanol–water partition coefficient (Wildman–Crippen LogP) is 6.41. The monoisotopic (exact) mass is 577 g/mol. The van der Waals surface area contributed by atoms with Gasteiger partial charge in [0.15, 0.2) is 0 Å². The Kier molecular flexibility index (Phi) is 7.30. The van der Waals surface area contributed by atoms with E-state index in [2.05, 4.69) is 60.9 Å². The molecule has 212 valence electrons. The van der Waals surface area contributed by atoms with Gasteiger partial charge in [0.05, 0.1) is 18.4 Å². The summed E-state index contributed by atoms with van der Waals surface area (Å²) in [5, 5.41) is 15.0. The van der Waals surface area contributed by atoms with E-state index in [0.717, 1.165) is 60.4 Å². The van der Waals surface area contributed by atoms with Crippen LogP contribution in [0.15, 0.2) is 47.2 Å². The molecule has 0 spiro atoms. The van der Waals surface area contributed by atoms with E-state index in [4.69, 9.17) is 0 Å². The lowest BCUT2D eigenvalue weighted by molar-refractivity contribution is -0.126. The average molecular weight is 578 g/mol. The largest absolute Gasteiger partial charge is 0.393 e. The zero-order chi connectivity index (χ0) is 28.7. The number of piperidine rings is 1. The van der Waals surface area contributed by atoms with E-state index in [-0.39, 0.29) is 10.9 Å².